The monoisotopic (exact) mass is 468 g/mol. The maximum absolute atomic E-state index is 13.4. The molecule has 0 spiro atoms. The summed E-state index contributed by atoms with van der Waals surface area (Å²) in [5.74, 6) is 0. The summed E-state index contributed by atoms with van der Waals surface area (Å²) >= 11 is 0. The van der Waals surface area contributed by atoms with E-state index in [0.717, 1.165) is 22.3 Å². The van der Waals surface area contributed by atoms with Crippen molar-refractivity contribution in [1.29, 1.82) is 5.26 Å². The van der Waals surface area contributed by atoms with Crippen LogP contribution in [0.4, 0.5) is 4.79 Å². The zero-order valence-electron chi connectivity index (χ0n) is 20.8. The molecule has 0 radical (unpaired) electrons. The summed E-state index contributed by atoms with van der Waals surface area (Å²) in [6, 6.07) is 23.7. The number of hydrogen-bond donors (Lipinski definition) is 1. The van der Waals surface area contributed by atoms with Gasteiger partial charge in [-0.05, 0) is 61.9 Å². The molecule has 0 aliphatic carbocycles. The Morgan fingerprint density at radius 3 is 2.34 bits per heavy atom. The number of hydrogen-bond acceptors (Lipinski definition) is 3. The summed E-state index contributed by atoms with van der Waals surface area (Å²) in [7, 11) is 1.73. The number of rotatable bonds is 6. The van der Waals surface area contributed by atoms with E-state index in [1.54, 1.807) is 23.9 Å². The van der Waals surface area contributed by atoms with E-state index in [1.165, 1.54) is 0 Å². The quantitative estimate of drug-likeness (QED) is 0.529. The van der Waals surface area contributed by atoms with Gasteiger partial charge >= 0.3 is 6.03 Å². The molecular weight excluding hydrogens is 436 g/mol. The van der Waals surface area contributed by atoms with Crippen LogP contribution < -0.4 is 10.9 Å². The van der Waals surface area contributed by atoms with Gasteiger partial charge in [-0.15, -0.1) is 0 Å². The molecule has 2 amide bonds. The van der Waals surface area contributed by atoms with Crippen LogP contribution in [0.1, 0.15) is 50.8 Å². The number of pyridine rings is 1. The fourth-order valence-electron chi connectivity index (χ4n) is 4.99. The molecule has 4 rings (SSSR count). The van der Waals surface area contributed by atoms with Gasteiger partial charge in [-0.3, -0.25) is 4.79 Å². The van der Waals surface area contributed by atoms with E-state index < -0.39 is 11.0 Å². The number of amides is 2. The third-order valence-electron chi connectivity index (χ3n) is 7.06. The molecule has 1 N–H and O–H groups in total. The highest BCUT2D eigenvalue weighted by Gasteiger charge is 2.44. The standard InChI is InChI=1S/C29H32N4O2/c1-21(22-10-12-23(13-11-22)24-14-16-32(4)26(34)18-24)33-17-15-29(31-27(33)35,19-28(2,3)20-30)25-8-6-5-7-9-25/h5-14,16,18,21H,15,17,19H2,1-4H3,(H,31,35)/t21-,29-/m1/s1. The van der Waals surface area contributed by atoms with Gasteiger partial charge in [-0.2, -0.15) is 5.26 Å². The molecule has 6 heteroatoms. The number of nitrogens with one attached hydrogen (secondary N) is 1. The smallest absolute Gasteiger partial charge is 0.318 e. The summed E-state index contributed by atoms with van der Waals surface area (Å²) < 4.78 is 1.54. The minimum atomic E-state index is -0.586. The van der Waals surface area contributed by atoms with E-state index in [2.05, 4.69) is 11.4 Å². The molecule has 1 aromatic heterocycles. The summed E-state index contributed by atoms with van der Waals surface area (Å²) in [5.41, 5.74) is 2.67. The second-order valence-electron chi connectivity index (χ2n) is 10.2. The van der Waals surface area contributed by atoms with Crippen LogP contribution in [0.25, 0.3) is 11.1 Å². The van der Waals surface area contributed by atoms with Crippen LogP contribution in [0, 0.1) is 16.7 Å². The first kappa shape index (κ1) is 24.3. The molecule has 1 aliphatic rings. The van der Waals surface area contributed by atoms with Gasteiger partial charge in [-0.1, -0.05) is 54.6 Å². The molecule has 0 bridgehead atoms. The molecule has 0 saturated carbocycles. The molecule has 1 fully saturated rings. The van der Waals surface area contributed by atoms with Crippen LogP contribution >= 0.6 is 0 Å². The first-order valence-corrected chi connectivity index (χ1v) is 12.0. The van der Waals surface area contributed by atoms with Crippen molar-refractivity contribution in [3.05, 3.63) is 94.4 Å². The SMILES string of the molecule is C[C@H](c1ccc(-c2ccn(C)c(=O)c2)cc1)N1CC[C@@](CC(C)(C)C#N)(c2ccccc2)NC1=O. The molecular formula is C29H32N4O2. The minimum absolute atomic E-state index is 0.0496. The van der Waals surface area contributed by atoms with Crippen LogP contribution in [0.3, 0.4) is 0 Å². The Hall–Kier alpha value is -3.85. The number of carbonyl (C=O) groups excluding carboxylic acids is 1. The summed E-state index contributed by atoms with van der Waals surface area (Å²) in [6.07, 6.45) is 3.02. The zero-order valence-corrected chi connectivity index (χ0v) is 20.8. The largest absolute Gasteiger partial charge is 0.328 e. The molecule has 0 unspecified atom stereocenters. The van der Waals surface area contributed by atoms with Crippen molar-refractivity contribution < 1.29 is 4.79 Å². The lowest BCUT2D eigenvalue weighted by atomic mass is 9.73. The fraction of sp³-hybridized carbons (Fsp3) is 0.345. The van der Waals surface area contributed by atoms with Gasteiger partial charge in [-0.25, -0.2) is 4.79 Å². The Kier molecular flexibility index (Phi) is 6.53. The number of nitriles is 1. The highest BCUT2D eigenvalue weighted by molar-refractivity contribution is 5.77. The topological polar surface area (TPSA) is 78.1 Å². The minimum Gasteiger partial charge on any atom is -0.328 e. The molecule has 1 saturated heterocycles. The highest BCUT2D eigenvalue weighted by atomic mass is 16.2. The summed E-state index contributed by atoms with van der Waals surface area (Å²) in [5, 5.41) is 13.0. The van der Waals surface area contributed by atoms with Gasteiger partial charge in [0.15, 0.2) is 0 Å². The lowest BCUT2D eigenvalue weighted by Crippen LogP contribution is -2.59. The number of aromatic nitrogens is 1. The number of urea groups is 1. The van der Waals surface area contributed by atoms with E-state index in [1.807, 2.05) is 86.3 Å². The van der Waals surface area contributed by atoms with Crippen molar-refractivity contribution >= 4 is 6.03 Å². The van der Waals surface area contributed by atoms with E-state index in [-0.39, 0.29) is 17.6 Å². The molecule has 35 heavy (non-hydrogen) atoms. The van der Waals surface area contributed by atoms with Crippen molar-refractivity contribution in [2.24, 2.45) is 12.5 Å². The molecule has 1 aliphatic heterocycles. The van der Waals surface area contributed by atoms with Crippen LogP contribution in [-0.2, 0) is 12.6 Å². The van der Waals surface area contributed by atoms with Crippen molar-refractivity contribution in [3.8, 4) is 17.2 Å². The lowest BCUT2D eigenvalue weighted by Gasteiger charge is -2.46. The van der Waals surface area contributed by atoms with E-state index in [4.69, 9.17) is 0 Å². The van der Waals surface area contributed by atoms with Crippen molar-refractivity contribution in [2.75, 3.05) is 6.54 Å². The average Bonchev–Trinajstić information content (AvgIpc) is 2.86. The van der Waals surface area contributed by atoms with E-state index in [0.29, 0.717) is 19.4 Å². The van der Waals surface area contributed by atoms with Crippen LogP contribution in [0.15, 0.2) is 77.7 Å². The summed E-state index contributed by atoms with van der Waals surface area (Å²) in [4.78, 5) is 27.3. The van der Waals surface area contributed by atoms with Crippen LogP contribution in [0.5, 0.6) is 0 Å². The molecule has 2 heterocycles. The third-order valence-corrected chi connectivity index (χ3v) is 7.06. The predicted octanol–water partition coefficient (Wildman–Crippen LogP) is 5.36. The second-order valence-corrected chi connectivity index (χ2v) is 10.2. The highest BCUT2D eigenvalue weighted by Crippen LogP contribution is 2.40. The first-order valence-electron chi connectivity index (χ1n) is 12.0. The molecule has 180 valence electrons. The maximum atomic E-state index is 13.4. The first-order chi connectivity index (χ1) is 16.6. The van der Waals surface area contributed by atoms with Gasteiger partial charge < -0.3 is 14.8 Å². The maximum Gasteiger partial charge on any atom is 0.318 e. The number of nitrogens with zero attached hydrogens (tertiary/aromatic N) is 3. The molecule has 2 atom stereocenters. The third kappa shape index (κ3) is 5.00. The predicted molar refractivity (Wildman–Crippen MR) is 138 cm³/mol. The number of benzene rings is 2. The van der Waals surface area contributed by atoms with Crippen LogP contribution in [0.2, 0.25) is 0 Å². The second kappa shape index (κ2) is 9.42. The van der Waals surface area contributed by atoms with Crippen molar-refractivity contribution in [2.45, 2.75) is 45.2 Å². The Labute approximate surface area is 206 Å². The number of carbonyl (C=O) groups is 1. The normalized spacial score (nSPS) is 19.1. The van der Waals surface area contributed by atoms with Crippen molar-refractivity contribution in [1.82, 2.24) is 14.8 Å². The van der Waals surface area contributed by atoms with Crippen LogP contribution in [-0.4, -0.2) is 22.0 Å². The Bertz CT molecular complexity index is 1310. The summed E-state index contributed by atoms with van der Waals surface area (Å²) in [6.45, 7) is 6.45. The van der Waals surface area contributed by atoms with E-state index in [9.17, 15) is 14.9 Å². The van der Waals surface area contributed by atoms with Gasteiger partial charge in [0.25, 0.3) is 5.56 Å². The van der Waals surface area contributed by atoms with Gasteiger partial charge in [0.05, 0.1) is 23.1 Å². The van der Waals surface area contributed by atoms with Crippen molar-refractivity contribution in [3.63, 3.8) is 0 Å². The lowest BCUT2D eigenvalue weighted by molar-refractivity contribution is 0.109. The fourth-order valence-corrected chi connectivity index (χ4v) is 4.99. The molecule has 2 aromatic carbocycles. The van der Waals surface area contributed by atoms with Gasteiger partial charge in [0, 0.05) is 25.9 Å². The number of aryl methyl sites for hydroxylation is 1. The zero-order chi connectivity index (χ0) is 25.2. The average molecular weight is 469 g/mol. The Balaban J connectivity index is 1.55. The Morgan fingerprint density at radius 1 is 1.06 bits per heavy atom. The van der Waals surface area contributed by atoms with E-state index >= 15 is 0 Å². The molecule has 6 nitrogen and oxygen atoms in total. The molecule has 3 aromatic rings. The Morgan fingerprint density at radius 2 is 1.74 bits per heavy atom. The van der Waals surface area contributed by atoms with Gasteiger partial charge in [0.2, 0.25) is 0 Å². The van der Waals surface area contributed by atoms with Gasteiger partial charge in [0.1, 0.15) is 0 Å².